The molecule has 1 atom stereocenters. The first-order chi connectivity index (χ1) is 8.63. The van der Waals surface area contributed by atoms with Gasteiger partial charge in [-0.05, 0) is 31.4 Å². The van der Waals surface area contributed by atoms with E-state index < -0.39 is 0 Å². The topological polar surface area (TPSA) is 44.5 Å². The fourth-order valence-corrected chi connectivity index (χ4v) is 2.58. The number of nitrogens with two attached hydrogens (primary N) is 1. The Morgan fingerprint density at radius 2 is 2.00 bits per heavy atom. The maximum Gasteiger partial charge on any atom is 0.180 e. The van der Waals surface area contributed by atoms with Gasteiger partial charge in [0.05, 0.1) is 18.2 Å². The summed E-state index contributed by atoms with van der Waals surface area (Å²) in [6, 6.07) is 2.08. The van der Waals surface area contributed by atoms with Crippen LogP contribution in [0.15, 0.2) is 6.07 Å². The van der Waals surface area contributed by atoms with Crippen molar-refractivity contribution in [2.75, 3.05) is 13.2 Å². The van der Waals surface area contributed by atoms with E-state index in [1.54, 1.807) is 0 Å². The van der Waals surface area contributed by atoms with E-state index in [0.29, 0.717) is 24.0 Å². The van der Waals surface area contributed by atoms with Gasteiger partial charge < -0.3 is 15.2 Å². The van der Waals surface area contributed by atoms with Crippen molar-refractivity contribution >= 4 is 11.6 Å². The Kier molecular flexibility index (Phi) is 4.36. The third-order valence-electron chi connectivity index (χ3n) is 3.06. The molecule has 0 amide bonds. The molecule has 1 aliphatic heterocycles. The van der Waals surface area contributed by atoms with Gasteiger partial charge in [0.15, 0.2) is 11.5 Å². The molecule has 1 aliphatic rings. The van der Waals surface area contributed by atoms with Gasteiger partial charge in [-0.25, -0.2) is 0 Å². The highest BCUT2D eigenvalue weighted by Gasteiger charge is 2.21. The van der Waals surface area contributed by atoms with Crippen LogP contribution in [0.1, 0.15) is 31.4 Å². The van der Waals surface area contributed by atoms with Crippen LogP contribution in [0.2, 0.25) is 5.02 Å². The van der Waals surface area contributed by atoms with Crippen LogP contribution in [0.25, 0.3) is 0 Å². The molecule has 0 aromatic heterocycles. The molecule has 2 rings (SSSR count). The Hall–Kier alpha value is -0.930. The van der Waals surface area contributed by atoms with Crippen LogP contribution in [0.5, 0.6) is 11.5 Å². The lowest BCUT2D eigenvalue weighted by atomic mass is 9.98. The van der Waals surface area contributed by atoms with Crippen LogP contribution < -0.4 is 15.2 Å². The predicted molar refractivity (Wildman–Crippen MR) is 73.8 cm³/mol. The van der Waals surface area contributed by atoms with Gasteiger partial charge in [-0.1, -0.05) is 18.5 Å². The molecule has 0 bridgehead atoms. The second-order valence-electron chi connectivity index (χ2n) is 4.74. The smallest absolute Gasteiger partial charge is 0.180 e. The van der Waals surface area contributed by atoms with Crippen molar-refractivity contribution in [1.82, 2.24) is 0 Å². The van der Waals surface area contributed by atoms with Gasteiger partial charge in [-0.15, -0.1) is 0 Å². The summed E-state index contributed by atoms with van der Waals surface area (Å²) in [4.78, 5) is 0. The van der Waals surface area contributed by atoms with Crippen LogP contribution in [-0.4, -0.2) is 19.3 Å². The van der Waals surface area contributed by atoms with E-state index in [1.165, 1.54) is 11.1 Å². The number of halogens is 1. The van der Waals surface area contributed by atoms with Crippen molar-refractivity contribution in [2.45, 2.75) is 39.2 Å². The second kappa shape index (κ2) is 5.81. The number of hydrogen-bond donors (Lipinski definition) is 1. The van der Waals surface area contributed by atoms with Crippen molar-refractivity contribution in [3.05, 3.63) is 22.2 Å². The van der Waals surface area contributed by atoms with Gasteiger partial charge in [0.1, 0.15) is 0 Å². The largest absolute Gasteiger partial charge is 0.489 e. The zero-order valence-corrected chi connectivity index (χ0v) is 11.7. The summed E-state index contributed by atoms with van der Waals surface area (Å²) in [6.07, 6.45) is 2.58. The Morgan fingerprint density at radius 3 is 2.61 bits per heavy atom. The van der Waals surface area contributed by atoms with Gasteiger partial charge in [-0.3, -0.25) is 0 Å². The molecular weight excluding hydrogens is 250 g/mol. The Labute approximate surface area is 113 Å². The molecular formula is C14H20ClNO2. The first-order valence-corrected chi connectivity index (χ1v) is 6.86. The Morgan fingerprint density at radius 1 is 1.33 bits per heavy atom. The summed E-state index contributed by atoms with van der Waals surface area (Å²) in [5.74, 6) is 1.51. The fourth-order valence-electron chi connectivity index (χ4n) is 2.31. The normalized spacial score (nSPS) is 16.2. The van der Waals surface area contributed by atoms with E-state index in [2.05, 4.69) is 6.92 Å². The minimum Gasteiger partial charge on any atom is -0.489 e. The average molecular weight is 270 g/mol. The third-order valence-corrected chi connectivity index (χ3v) is 3.34. The maximum absolute atomic E-state index is 6.29. The van der Waals surface area contributed by atoms with E-state index in [4.69, 9.17) is 26.8 Å². The third kappa shape index (κ3) is 2.73. The molecule has 0 saturated carbocycles. The number of rotatable bonds is 3. The van der Waals surface area contributed by atoms with E-state index in [1.807, 2.05) is 13.0 Å². The van der Waals surface area contributed by atoms with Crippen LogP contribution in [0.4, 0.5) is 0 Å². The standard InChI is InChI=1S/C14H20ClNO2/c1-3-11-10(7-9(2)16)8-12(15)14-13(11)17-5-4-6-18-14/h8-9H,3-7,16H2,1-2H3. The van der Waals surface area contributed by atoms with Crippen LogP contribution in [0, 0.1) is 0 Å². The zero-order valence-electron chi connectivity index (χ0n) is 11.0. The van der Waals surface area contributed by atoms with Gasteiger partial charge in [-0.2, -0.15) is 0 Å². The summed E-state index contributed by atoms with van der Waals surface area (Å²) in [6.45, 7) is 5.44. The van der Waals surface area contributed by atoms with Crippen LogP contribution in [0.3, 0.4) is 0 Å². The maximum atomic E-state index is 6.29. The first-order valence-electron chi connectivity index (χ1n) is 6.49. The molecule has 0 spiro atoms. The molecule has 1 heterocycles. The highest BCUT2D eigenvalue weighted by Crippen LogP contribution is 2.42. The van der Waals surface area contributed by atoms with Gasteiger partial charge >= 0.3 is 0 Å². The highest BCUT2D eigenvalue weighted by atomic mass is 35.5. The minimum absolute atomic E-state index is 0.108. The van der Waals surface area contributed by atoms with E-state index in [0.717, 1.165) is 25.0 Å². The molecule has 1 aromatic rings. The predicted octanol–water partition coefficient (Wildman–Crippen LogP) is 2.95. The second-order valence-corrected chi connectivity index (χ2v) is 5.15. The molecule has 1 unspecified atom stereocenters. The quantitative estimate of drug-likeness (QED) is 0.918. The number of benzene rings is 1. The molecule has 100 valence electrons. The molecule has 0 aliphatic carbocycles. The van der Waals surface area contributed by atoms with Crippen LogP contribution >= 0.6 is 11.6 Å². The van der Waals surface area contributed by atoms with E-state index >= 15 is 0 Å². The van der Waals surface area contributed by atoms with Crippen molar-refractivity contribution in [3.63, 3.8) is 0 Å². The average Bonchev–Trinajstić information content (AvgIpc) is 2.54. The molecule has 4 heteroatoms. The molecule has 0 saturated heterocycles. The summed E-state index contributed by atoms with van der Waals surface area (Å²) in [5, 5.41) is 0.625. The van der Waals surface area contributed by atoms with Gasteiger partial charge in [0.2, 0.25) is 0 Å². The molecule has 0 radical (unpaired) electrons. The van der Waals surface area contributed by atoms with Crippen molar-refractivity contribution < 1.29 is 9.47 Å². The van der Waals surface area contributed by atoms with Gasteiger partial charge in [0.25, 0.3) is 0 Å². The first kappa shape index (κ1) is 13.5. The number of fused-ring (bicyclic) bond motifs is 1. The fraction of sp³-hybridized carbons (Fsp3) is 0.571. The summed E-state index contributed by atoms with van der Waals surface area (Å²) in [5.41, 5.74) is 8.23. The molecule has 3 nitrogen and oxygen atoms in total. The molecule has 1 aromatic carbocycles. The monoisotopic (exact) mass is 269 g/mol. The van der Waals surface area contributed by atoms with Crippen molar-refractivity contribution in [1.29, 1.82) is 0 Å². The lowest BCUT2D eigenvalue weighted by molar-refractivity contribution is 0.296. The molecule has 0 fully saturated rings. The highest BCUT2D eigenvalue weighted by molar-refractivity contribution is 6.32. The van der Waals surface area contributed by atoms with Gasteiger partial charge in [0, 0.05) is 18.0 Å². The summed E-state index contributed by atoms with van der Waals surface area (Å²) in [7, 11) is 0. The lowest BCUT2D eigenvalue weighted by Gasteiger charge is -2.18. The van der Waals surface area contributed by atoms with Crippen LogP contribution in [-0.2, 0) is 12.8 Å². The number of ether oxygens (including phenoxy) is 2. The lowest BCUT2D eigenvalue weighted by Crippen LogP contribution is -2.19. The molecule has 2 N–H and O–H groups in total. The summed E-state index contributed by atoms with van der Waals surface area (Å²) >= 11 is 6.29. The van der Waals surface area contributed by atoms with Crippen molar-refractivity contribution in [2.24, 2.45) is 5.73 Å². The Bertz CT molecular complexity index is 432. The van der Waals surface area contributed by atoms with Crippen molar-refractivity contribution in [3.8, 4) is 11.5 Å². The minimum atomic E-state index is 0.108. The summed E-state index contributed by atoms with van der Waals surface area (Å²) < 4.78 is 11.5. The number of hydrogen-bond acceptors (Lipinski definition) is 3. The Balaban J connectivity index is 2.50. The van der Waals surface area contributed by atoms with E-state index in [-0.39, 0.29) is 6.04 Å². The molecule has 18 heavy (non-hydrogen) atoms. The SMILES string of the molecule is CCc1c(CC(C)N)cc(Cl)c2c1OCCCO2. The van der Waals surface area contributed by atoms with E-state index in [9.17, 15) is 0 Å². The zero-order chi connectivity index (χ0) is 13.1.